The summed E-state index contributed by atoms with van der Waals surface area (Å²) < 4.78 is 18.8. The molecule has 0 aromatic heterocycles. The molecule has 1 aliphatic rings. The molecule has 0 bridgehead atoms. The molecular formula is C14H21FN2O. The van der Waals surface area contributed by atoms with E-state index in [4.69, 9.17) is 4.74 Å². The van der Waals surface area contributed by atoms with Crippen LogP contribution in [-0.4, -0.2) is 44.3 Å². The molecule has 1 aliphatic heterocycles. The van der Waals surface area contributed by atoms with Crippen molar-refractivity contribution >= 4 is 0 Å². The van der Waals surface area contributed by atoms with Crippen LogP contribution in [0.4, 0.5) is 4.39 Å². The van der Waals surface area contributed by atoms with E-state index in [0.29, 0.717) is 18.7 Å². The molecule has 18 heavy (non-hydrogen) atoms. The Morgan fingerprint density at radius 2 is 2.22 bits per heavy atom. The Balaban J connectivity index is 1.82. The minimum absolute atomic E-state index is 0.126. The Labute approximate surface area is 108 Å². The van der Waals surface area contributed by atoms with Crippen molar-refractivity contribution in [3.8, 4) is 0 Å². The summed E-state index contributed by atoms with van der Waals surface area (Å²) in [7, 11) is 3.77. The number of methoxy groups -OCH3 is 1. The Bertz CT molecular complexity index is 386. The summed E-state index contributed by atoms with van der Waals surface area (Å²) in [5, 5.41) is 3.43. The van der Waals surface area contributed by atoms with Gasteiger partial charge in [-0.25, -0.2) is 4.39 Å². The molecule has 2 unspecified atom stereocenters. The number of nitrogens with one attached hydrogen (secondary N) is 1. The lowest BCUT2D eigenvalue weighted by molar-refractivity contribution is 0.116. The largest absolute Gasteiger partial charge is 0.380 e. The van der Waals surface area contributed by atoms with E-state index in [1.807, 2.05) is 19.2 Å². The number of benzene rings is 1. The second kappa shape index (κ2) is 6.27. The van der Waals surface area contributed by atoms with Crippen LogP contribution in [0.2, 0.25) is 0 Å². The predicted molar refractivity (Wildman–Crippen MR) is 69.9 cm³/mol. The SMILES string of the molecule is COC1CNC(CN(C)Cc2ccccc2F)C1. The molecule has 0 spiro atoms. The van der Waals surface area contributed by atoms with E-state index in [1.54, 1.807) is 13.2 Å². The summed E-state index contributed by atoms with van der Waals surface area (Å²) >= 11 is 0. The summed E-state index contributed by atoms with van der Waals surface area (Å²) in [5.41, 5.74) is 0.751. The minimum Gasteiger partial charge on any atom is -0.380 e. The van der Waals surface area contributed by atoms with Crippen LogP contribution in [0.1, 0.15) is 12.0 Å². The fourth-order valence-electron chi connectivity index (χ4n) is 2.46. The summed E-state index contributed by atoms with van der Waals surface area (Å²) in [6.07, 6.45) is 1.34. The normalized spacial score (nSPS) is 23.8. The Morgan fingerprint density at radius 3 is 2.89 bits per heavy atom. The van der Waals surface area contributed by atoms with Gasteiger partial charge in [0.05, 0.1) is 6.10 Å². The van der Waals surface area contributed by atoms with Crippen LogP contribution in [0, 0.1) is 5.82 Å². The molecule has 3 nitrogen and oxygen atoms in total. The molecule has 0 amide bonds. The van der Waals surface area contributed by atoms with Gasteiger partial charge in [-0.15, -0.1) is 0 Å². The van der Waals surface area contributed by atoms with Gasteiger partial charge in [0.1, 0.15) is 5.82 Å². The fraction of sp³-hybridized carbons (Fsp3) is 0.571. The first-order valence-corrected chi connectivity index (χ1v) is 6.37. The van der Waals surface area contributed by atoms with Crippen LogP contribution >= 0.6 is 0 Å². The number of hydrogen-bond donors (Lipinski definition) is 1. The van der Waals surface area contributed by atoms with E-state index >= 15 is 0 Å². The lowest BCUT2D eigenvalue weighted by atomic mass is 10.1. The molecule has 2 atom stereocenters. The van der Waals surface area contributed by atoms with Crippen LogP contribution in [0.5, 0.6) is 0 Å². The van der Waals surface area contributed by atoms with Gasteiger partial charge in [0, 0.05) is 38.3 Å². The molecular weight excluding hydrogens is 231 g/mol. The number of ether oxygens (including phenoxy) is 1. The van der Waals surface area contributed by atoms with Crippen molar-refractivity contribution in [1.82, 2.24) is 10.2 Å². The third-order valence-corrected chi connectivity index (χ3v) is 3.45. The van der Waals surface area contributed by atoms with Gasteiger partial charge in [0.25, 0.3) is 0 Å². The van der Waals surface area contributed by atoms with Crippen LogP contribution < -0.4 is 5.32 Å². The fourth-order valence-corrected chi connectivity index (χ4v) is 2.46. The quantitative estimate of drug-likeness (QED) is 0.862. The molecule has 2 rings (SSSR count). The van der Waals surface area contributed by atoms with Crippen LogP contribution in [0.15, 0.2) is 24.3 Å². The van der Waals surface area contributed by atoms with Crippen molar-refractivity contribution in [2.75, 3.05) is 27.2 Å². The van der Waals surface area contributed by atoms with Crippen molar-refractivity contribution in [2.45, 2.75) is 25.1 Å². The van der Waals surface area contributed by atoms with E-state index < -0.39 is 0 Å². The zero-order chi connectivity index (χ0) is 13.0. The first kappa shape index (κ1) is 13.5. The number of halogens is 1. The average Bonchev–Trinajstić information content (AvgIpc) is 2.80. The standard InChI is InChI=1S/C14H21FN2O/c1-17(9-11-5-3-4-6-14(11)15)10-12-7-13(18-2)8-16-12/h3-6,12-13,16H,7-10H2,1-2H3. The van der Waals surface area contributed by atoms with Crippen molar-refractivity contribution in [3.05, 3.63) is 35.6 Å². The van der Waals surface area contributed by atoms with Crippen molar-refractivity contribution in [1.29, 1.82) is 0 Å². The molecule has 100 valence electrons. The second-order valence-corrected chi connectivity index (χ2v) is 4.99. The highest BCUT2D eigenvalue weighted by Gasteiger charge is 2.24. The topological polar surface area (TPSA) is 24.5 Å². The van der Waals surface area contributed by atoms with Gasteiger partial charge in [-0.3, -0.25) is 0 Å². The first-order chi connectivity index (χ1) is 8.69. The van der Waals surface area contributed by atoms with Gasteiger partial charge < -0.3 is 15.0 Å². The number of nitrogens with zero attached hydrogens (tertiary/aromatic N) is 1. The molecule has 1 N–H and O–H groups in total. The van der Waals surface area contributed by atoms with Crippen LogP contribution in [0.25, 0.3) is 0 Å². The Kier molecular flexibility index (Phi) is 4.69. The highest BCUT2D eigenvalue weighted by Crippen LogP contribution is 2.13. The van der Waals surface area contributed by atoms with E-state index in [1.165, 1.54) is 6.07 Å². The van der Waals surface area contributed by atoms with Gasteiger partial charge in [-0.05, 0) is 19.5 Å². The molecule has 0 radical (unpaired) electrons. The zero-order valence-corrected chi connectivity index (χ0v) is 11.0. The summed E-state index contributed by atoms with van der Waals surface area (Å²) in [6, 6.07) is 7.39. The maximum Gasteiger partial charge on any atom is 0.127 e. The maximum absolute atomic E-state index is 13.5. The molecule has 1 aromatic carbocycles. The summed E-state index contributed by atoms with van der Waals surface area (Å²) in [6.45, 7) is 2.46. The first-order valence-electron chi connectivity index (χ1n) is 6.37. The maximum atomic E-state index is 13.5. The molecule has 1 aromatic rings. The molecule has 1 saturated heterocycles. The second-order valence-electron chi connectivity index (χ2n) is 4.99. The third kappa shape index (κ3) is 3.51. The van der Waals surface area contributed by atoms with Gasteiger partial charge in [-0.1, -0.05) is 18.2 Å². The average molecular weight is 252 g/mol. The zero-order valence-electron chi connectivity index (χ0n) is 11.0. The van der Waals surface area contributed by atoms with E-state index in [0.717, 1.165) is 25.1 Å². The molecule has 1 heterocycles. The highest BCUT2D eigenvalue weighted by atomic mass is 19.1. The van der Waals surface area contributed by atoms with Crippen LogP contribution in [0.3, 0.4) is 0 Å². The van der Waals surface area contributed by atoms with Crippen molar-refractivity contribution in [2.24, 2.45) is 0 Å². The molecule has 1 fully saturated rings. The monoisotopic (exact) mass is 252 g/mol. The lowest BCUT2D eigenvalue weighted by Gasteiger charge is -2.21. The molecule has 0 aliphatic carbocycles. The Hall–Kier alpha value is -0.970. The molecule has 4 heteroatoms. The minimum atomic E-state index is -0.126. The van der Waals surface area contributed by atoms with Gasteiger partial charge >= 0.3 is 0 Å². The number of likely N-dealkylation sites (N-methyl/N-ethyl adjacent to an activating group) is 1. The molecule has 0 saturated carbocycles. The highest BCUT2D eigenvalue weighted by molar-refractivity contribution is 5.17. The third-order valence-electron chi connectivity index (χ3n) is 3.45. The van der Waals surface area contributed by atoms with Gasteiger partial charge in [0.2, 0.25) is 0 Å². The van der Waals surface area contributed by atoms with Crippen LogP contribution in [-0.2, 0) is 11.3 Å². The van der Waals surface area contributed by atoms with E-state index in [2.05, 4.69) is 10.2 Å². The van der Waals surface area contributed by atoms with Crippen molar-refractivity contribution < 1.29 is 9.13 Å². The summed E-state index contributed by atoms with van der Waals surface area (Å²) in [4.78, 5) is 2.15. The van der Waals surface area contributed by atoms with E-state index in [-0.39, 0.29) is 5.82 Å². The number of rotatable bonds is 5. The van der Waals surface area contributed by atoms with Gasteiger partial charge in [-0.2, -0.15) is 0 Å². The number of hydrogen-bond acceptors (Lipinski definition) is 3. The van der Waals surface area contributed by atoms with Gasteiger partial charge in [0.15, 0.2) is 0 Å². The lowest BCUT2D eigenvalue weighted by Crippen LogP contribution is -2.35. The van der Waals surface area contributed by atoms with E-state index in [9.17, 15) is 4.39 Å². The smallest absolute Gasteiger partial charge is 0.127 e. The predicted octanol–water partition coefficient (Wildman–Crippen LogP) is 1.63. The Morgan fingerprint density at radius 1 is 1.44 bits per heavy atom. The summed E-state index contributed by atoms with van der Waals surface area (Å²) in [5.74, 6) is -0.126. The van der Waals surface area contributed by atoms with Crippen molar-refractivity contribution in [3.63, 3.8) is 0 Å².